The topological polar surface area (TPSA) is 46.1 Å². The van der Waals surface area contributed by atoms with Crippen molar-refractivity contribution in [2.75, 3.05) is 6.54 Å². The van der Waals surface area contributed by atoms with E-state index >= 15 is 0 Å². The van der Waals surface area contributed by atoms with Gasteiger partial charge in [-0.15, -0.1) is 0 Å². The summed E-state index contributed by atoms with van der Waals surface area (Å²) in [5, 5.41) is 2.53. The predicted molar refractivity (Wildman–Crippen MR) is 93.7 cm³/mol. The third-order valence-electron chi connectivity index (χ3n) is 4.76. The van der Waals surface area contributed by atoms with Crippen molar-refractivity contribution in [2.24, 2.45) is 0 Å². The first-order chi connectivity index (χ1) is 11.8. The molecule has 1 saturated heterocycles. The highest BCUT2D eigenvalue weighted by atomic mass is 16.2. The molecule has 0 radical (unpaired) electrons. The maximum absolute atomic E-state index is 12.7. The fourth-order valence-electron chi connectivity index (χ4n) is 3.60. The van der Waals surface area contributed by atoms with Gasteiger partial charge in [0.25, 0.3) is 5.91 Å². The smallest absolute Gasteiger partial charge is 0.274 e. The average molecular weight is 317 g/mol. The predicted octanol–water partition coefficient (Wildman–Crippen LogP) is 3.48. The first kappa shape index (κ1) is 14.8. The molecule has 0 unspecified atom stereocenters. The number of amides is 1. The maximum Gasteiger partial charge on any atom is 0.274 e. The van der Waals surface area contributed by atoms with E-state index in [1.165, 1.54) is 16.3 Å². The van der Waals surface area contributed by atoms with E-state index < -0.39 is 0 Å². The molecule has 24 heavy (non-hydrogen) atoms. The lowest BCUT2D eigenvalue weighted by molar-refractivity contribution is 0.0730. The van der Waals surface area contributed by atoms with Gasteiger partial charge in [0.05, 0.1) is 6.20 Å². The van der Waals surface area contributed by atoms with E-state index in [4.69, 9.17) is 0 Å². The molecule has 1 atom stereocenters. The van der Waals surface area contributed by atoms with Crippen LogP contribution < -0.4 is 0 Å². The minimum absolute atomic E-state index is 0.00848. The van der Waals surface area contributed by atoms with Crippen molar-refractivity contribution in [1.29, 1.82) is 0 Å². The summed E-state index contributed by atoms with van der Waals surface area (Å²) < 4.78 is 0. The number of rotatable bonds is 3. The van der Waals surface area contributed by atoms with Crippen molar-refractivity contribution in [3.8, 4) is 0 Å². The molecule has 4 heteroatoms. The molecule has 0 spiro atoms. The molecule has 1 fully saturated rings. The number of likely N-dealkylation sites (tertiary alicyclic amines) is 1. The highest BCUT2D eigenvalue weighted by molar-refractivity contribution is 5.92. The Balaban J connectivity index is 1.60. The molecule has 120 valence electrons. The number of benzene rings is 2. The number of fused-ring (bicyclic) bond motifs is 1. The van der Waals surface area contributed by atoms with Crippen LogP contribution in [0.25, 0.3) is 10.8 Å². The van der Waals surface area contributed by atoms with E-state index in [-0.39, 0.29) is 11.9 Å². The first-order valence-electron chi connectivity index (χ1n) is 8.36. The summed E-state index contributed by atoms with van der Waals surface area (Å²) in [6, 6.07) is 15.1. The Labute approximate surface area is 141 Å². The van der Waals surface area contributed by atoms with Crippen LogP contribution in [-0.4, -0.2) is 33.4 Å². The second kappa shape index (κ2) is 6.40. The number of aromatic nitrogens is 2. The molecule has 2 heterocycles. The third-order valence-corrected chi connectivity index (χ3v) is 4.76. The minimum Gasteiger partial charge on any atom is -0.334 e. The van der Waals surface area contributed by atoms with E-state index in [1.54, 1.807) is 18.6 Å². The summed E-state index contributed by atoms with van der Waals surface area (Å²) in [7, 11) is 0. The highest BCUT2D eigenvalue weighted by Gasteiger charge is 2.30. The fraction of sp³-hybridized carbons (Fsp3) is 0.250. The normalized spacial score (nSPS) is 17.3. The summed E-state index contributed by atoms with van der Waals surface area (Å²) in [4.78, 5) is 22.9. The molecule has 0 aliphatic carbocycles. The summed E-state index contributed by atoms with van der Waals surface area (Å²) in [6.45, 7) is 0.796. The van der Waals surface area contributed by atoms with Crippen LogP contribution in [0.15, 0.2) is 61.1 Å². The van der Waals surface area contributed by atoms with Gasteiger partial charge in [-0.1, -0.05) is 42.5 Å². The lowest BCUT2D eigenvalue weighted by Gasteiger charge is -2.25. The number of hydrogen-bond acceptors (Lipinski definition) is 3. The number of nitrogens with zero attached hydrogens (tertiary/aromatic N) is 3. The van der Waals surface area contributed by atoms with Gasteiger partial charge in [0, 0.05) is 25.0 Å². The Bertz CT molecular complexity index is 858. The van der Waals surface area contributed by atoms with Gasteiger partial charge >= 0.3 is 0 Å². The van der Waals surface area contributed by atoms with Crippen LogP contribution in [0.5, 0.6) is 0 Å². The second-order valence-corrected chi connectivity index (χ2v) is 6.23. The van der Waals surface area contributed by atoms with Crippen LogP contribution in [0.2, 0.25) is 0 Å². The molecule has 1 aliphatic heterocycles. The molecule has 3 aromatic rings. The van der Waals surface area contributed by atoms with Gasteiger partial charge in [-0.05, 0) is 35.6 Å². The lowest BCUT2D eigenvalue weighted by atomic mass is 9.97. The number of carbonyl (C=O) groups is 1. The first-order valence-corrected chi connectivity index (χ1v) is 8.36. The second-order valence-electron chi connectivity index (χ2n) is 6.23. The molecule has 1 amide bonds. The highest BCUT2D eigenvalue weighted by Crippen LogP contribution is 2.26. The molecule has 0 saturated carbocycles. The summed E-state index contributed by atoms with van der Waals surface area (Å²) in [5.41, 5.74) is 1.74. The number of hydrogen-bond donors (Lipinski definition) is 0. The van der Waals surface area contributed by atoms with Crippen LogP contribution in [0.1, 0.15) is 28.9 Å². The van der Waals surface area contributed by atoms with Gasteiger partial charge in [-0.25, -0.2) is 4.98 Å². The lowest BCUT2D eigenvalue weighted by Crippen LogP contribution is -2.37. The molecule has 0 bridgehead atoms. The third kappa shape index (κ3) is 2.75. The van der Waals surface area contributed by atoms with Crippen molar-refractivity contribution in [2.45, 2.75) is 25.3 Å². The largest absolute Gasteiger partial charge is 0.334 e. The van der Waals surface area contributed by atoms with Gasteiger partial charge < -0.3 is 4.90 Å². The Morgan fingerprint density at radius 2 is 2.00 bits per heavy atom. The SMILES string of the molecule is O=C(c1cnccn1)N1CCC[C@@H]1Cc1cccc2ccccc12. The van der Waals surface area contributed by atoms with E-state index in [9.17, 15) is 4.79 Å². The van der Waals surface area contributed by atoms with Crippen LogP contribution in [0.3, 0.4) is 0 Å². The molecular formula is C20H19N3O. The molecule has 4 rings (SSSR count). The quantitative estimate of drug-likeness (QED) is 0.743. The van der Waals surface area contributed by atoms with Crippen LogP contribution in [0.4, 0.5) is 0 Å². The zero-order valence-electron chi connectivity index (χ0n) is 13.4. The monoisotopic (exact) mass is 317 g/mol. The average Bonchev–Trinajstić information content (AvgIpc) is 3.10. The Kier molecular flexibility index (Phi) is 3.95. The summed E-state index contributed by atoms with van der Waals surface area (Å²) >= 11 is 0. The van der Waals surface area contributed by atoms with Crippen molar-refractivity contribution in [3.63, 3.8) is 0 Å². The molecule has 0 N–H and O–H groups in total. The van der Waals surface area contributed by atoms with E-state index in [2.05, 4.69) is 52.4 Å². The van der Waals surface area contributed by atoms with E-state index in [0.717, 1.165) is 25.8 Å². The Morgan fingerprint density at radius 1 is 1.12 bits per heavy atom. The van der Waals surface area contributed by atoms with Crippen LogP contribution in [0, 0.1) is 0 Å². The van der Waals surface area contributed by atoms with E-state index in [0.29, 0.717) is 5.69 Å². The molecule has 1 aliphatic rings. The summed E-state index contributed by atoms with van der Waals surface area (Å²) in [6.07, 6.45) is 7.68. The zero-order chi connectivity index (χ0) is 16.4. The standard InChI is InChI=1S/C20H19N3O/c24-20(19-14-21-10-11-22-19)23-12-4-8-17(23)13-16-7-3-6-15-5-1-2-9-18(15)16/h1-3,5-7,9-11,14,17H,4,8,12-13H2/t17-/m1/s1. The zero-order valence-corrected chi connectivity index (χ0v) is 13.4. The van der Waals surface area contributed by atoms with Crippen molar-refractivity contribution >= 4 is 16.7 Å². The Morgan fingerprint density at radius 3 is 2.88 bits per heavy atom. The van der Waals surface area contributed by atoms with Crippen LogP contribution >= 0.6 is 0 Å². The van der Waals surface area contributed by atoms with E-state index in [1.807, 2.05) is 4.90 Å². The van der Waals surface area contributed by atoms with Gasteiger partial charge in [-0.2, -0.15) is 0 Å². The summed E-state index contributed by atoms with van der Waals surface area (Å²) in [5.74, 6) is -0.00848. The minimum atomic E-state index is -0.00848. The van der Waals surface area contributed by atoms with Crippen molar-refractivity contribution < 1.29 is 4.79 Å². The van der Waals surface area contributed by atoms with Gasteiger partial charge in [-0.3, -0.25) is 9.78 Å². The molecule has 1 aromatic heterocycles. The molecule has 2 aromatic carbocycles. The van der Waals surface area contributed by atoms with Crippen LogP contribution in [-0.2, 0) is 6.42 Å². The fourth-order valence-corrected chi connectivity index (χ4v) is 3.60. The van der Waals surface area contributed by atoms with Crippen molar-refractivity contribution in [1.82, 2.24) is 14.9 Å². The Hall–Kier alpha value is -2.75. The molecular weight excluding hydrogens is 298 g/mol. The molecule has 4 nitrogen and oxygen atoms in total. The van der Waals surface area contributed by atoms with Gasteiger partial charge in [0.2, 0.25) is 0 Å². The maximum atomic E-state index is 12.7. The van der Waals surface area contributed by atoms with Gasteiger partial charge in [0.15, 0.2) is 0 Å². The number of carbonyl (C=O) groups excluding carboxylic acids is 1. The van der Waals surface area contributed by atoms with Gasteiger partial charge in [0.1, 0.15) is 5.69 Å². The van der Waals surface area contributed by atoms with Crippen molar-refractivity contribution in [3.05, 3.63) is 72.3 Å².